The highest BCUT2D eigenvalue weighted by Gasteiger charge is 2.11. The Hall–Kier alpha value is -2.89. The van der Waals surface area contributed by atoms with Crippen molar-refractivity contribution in [2.75, 3.05) is 0 Å². The molecule has 22 heavy (non-hydrogen) atoms. The molecule has 1 aromatic carbocycles. The lowest BCUT2D eigenvalue weighted by Crippen LogP contribution is -1.97. The van der Waals surface area contributed by atoms with Crippen molar-refractivity contribution < 1.29 is 9.66 Å². The van der Waals surface area contributed by atoms with E-state index in [1.54, 1.807) is 19.1 Å². The molecule has 0 saturated carbocycles. The van der Waals surface area contributed by atoms with E-state index in [0.29, 0.717) is 17.9 Å². The molecule has 2 aromatic heterocycles. The summed E-state index contributed by atoms with van der Waals surface area (Å²) >= 11 is 0. The number of fused-ring (bicyclic) bond motifs is 1. The van der Waals surface area contributed by atoms with Crippen LogP contribution in [0, 0.1) is 24.0 Å². The Morgan fingerprint density at radius 1 is 1.27 bits per heavy atom. The van der Waals surface area contributed by atoms with Gasteiger partial charge in [-0.3, -0.25) is 10.1 Å². The third-order valence-corrected chi connectivity index (χ3v) is 3.48. The maximum Gasteiger partial charge on any atom is 0.272 e. The van der Waals surface area contributed by atoms with E-state index in [-0.39, 0.29) is 5.69 Å². The first-order chi connectivity index (χ1) is 10.5. The molecule has 0 saturated heterocycles. The highest BCUT2D eigenvalue weighted by atomic mass is 16.6. The first-order valence-electron chi connectivity index (χ1n) is 6.85. The molecule has 6 nitrogen and oxygen atoms in total. The zero-order valence-corrected chi connectivity index (χ0v) is 12.3. The number of benzene rings is 1. The predicted molar refractivity (Wildman–Crippen MR) is 82.1 cm³/mol. The number of hydrogen-bond acceptors (Lipinski definition) is 4. The summed E-state index contributed by atoms with van der Waals surface area (Å²) in [6.07, 6.45) is 3.86. The SMILES string of the molecule is Cc1cc(OCc2cn3cccc(C)c3n2)ccc1[N+](=O)[O-]. The van der Waals surface area contributed by atoms with Crippen LogP contribution in [0.15, 0.2) is 42.7 Å². The molecule has 6 heteroatoms. The number of rotatable bonds is 4. The van der Waals surface area contributed by atoms with Crippen LogP contribution in [-0.2, 0) is 6.61 Å². The van der Waals surface area contributed by atoms with E-state index >= 15 is 0 Å². The Balaban J connectivity index is 1.78. The number of nitro groups is 1. The lowest BCUT2D eigenvalue weighted by molar-refractivity contribution is -0.385. The second-order valence-electron chi connectivity index (χ2n) is 5.15. The van der Waals surface area contributed by atoms with Crippen LogP contribution in [0.5, 0.6) is 5.75 Å². The van der Waals surface area contributed by atoms with Gasteiger partial charge in [0.1, 0.15) is 18.0 Å². The molecule has 0 radical (unpaired) electrons. The van der Waals surface area contributed by atoms with Gasteiger partial charge in [0.2, 0.25) is 0 Å². The van der Waals surface area contributed by atoms with E-state index in [1.807, 2.05) is 35.9 Å². The van der Waals surface area contributed by atoms with Crippen molar-refractivity contribution in [3.8, 4) is 5.75 Å². The van der Waals surface area contributed by atoms with Gasteiger partial charge in [-0.2, -0.15) is 0 Å². The van der Waals surface area contributed by atoms with Crippen LogP contribution in [0.1, 0.15) is 16.8 Å². The first kappa shape index (κ1) is 14.1. The van der Waals surface area contributed by atoms with E-state index in [1.165, 1.54) is 6.07 Å². The van der Waals surface area contributed by atoms with Crippen LogP contribution in [0.3, 0.4) is 0 Å². The molecule has 112 valence electrons. The van der Waals surface area contributed by atoms with Crippen LogP contribution in [0.4, 0.5) is 5.69 Å². The van der Waals surface area contributed by atoms with Crippen molar-refractivity contribution >= 4 is 11.3 Å². The fourth-order valence-electron chi connectivity index (χ4n) is 2.35. The molecule has 0 amide bonds. The van der Waals surface area contributed by atoms with E-state index in [0.717, 1.165) is 16.9 Å². The zero-order chi connectivity index (χ0) is 15.7. The number of pyridine rings is 1. The van der Waals surface area contributed by atoms with Crippen molar-refractivity contribution in [1.82, 2.24) is 9.38 Å². The van der Waals surface area contributed by atoms with Gasteiger partial charge < -0.3 is 9.14 Å². The van der Waals surface area contributed by atoms with Gasteiger partial charge in [-0.15, -0.1) is 0 Å². The number of aryl methyl sites for hydroxylation is 2. The Bertz CT molecular complexity index is 855. The summed E-state index contributed by atoms with van der Waals surface area (Å²) in [7, 11) is 0. The van der Waals surface area contributed by atoms with Gasteiger partial charge in [0.05, 0.1) is 10.6 Å². The number of nitrogens with zero attached hydrogens (tertiary/aromatic N) is 3. The molecule has 3 rings (SSSR count). The second-order valence-corrected chi connectivity index (χ2v) is 5.15. The maximum absolute atomic E-state index is 10.8. The third-order valence-electron chi connectivity index (χ3n) is 3.48. The van der Waals surface area contributed by atoms with Gasteiger partial charge >= 0.3 is 0 Å². The summed E-state index contributed by atoms with van der Waals surface area (Å²) in [6.45, 7) is 4.02. The summed E-state index contributed by atoms with van der Waals surface area (Å²) in [6, 6.07) is 8.70. The molecule has 0 aliphatic heterocycles. The van der Waals surface area contributed by atoms with Gasteiger partial charge in [-0.1, -0.05) is 6.07 Å². The normalized spacial score (nSPS) is 10.8. The zero-order valence-electron chi connectivity index (χ0n) is 12.3. The molecule has 0 bridgehead atoms. The van der Waals surface area contributed by atoms with Gasteiger partial charge in [0.25, 0.3) is 5.69 Å². The monoisotopic (exact) mass is 297 g/mol. The van der Waals surface area contributed by atoms with Crippen molar-refractivity contribution in [3.63, 3.8) is 0 Å². The van der Waals surface area contributed by atoms with Crippen LogP contribution in [0.2, 0.25) is 0 Å². The molecule has 2 heterocycles. The highest BCUT2D eigenvalue weighted by Crippen LogP contribution is 2.23. The Labute approximate surface area is 127 Å². The standard InChI is InChI=1S/C16H15N3O3/c1-11-4-3-7-18-9-13(17-16(11)18)10-22-14-5-6-15(19(20)21)12(2)8-14/h3-9H,10H2,1-2H3. The van der Waals surface area contributed by atoms with E-state index in [9.17, 15) is 10.1 Å². The minimum absolute atomic E-state index is 0.0932. The Kier molecular flexibility index (Phi) is 3.50. The number of imidazole rings is 1. The molecule has 0 aliphatic carbocycles. The topological polar surface area (TPSA) is 69.7 Å². The Morgan fingerprint density at radius 3 is 2.77 bits per heavy atom. The molecule has 0 aliphatic rings. The first-order valence-corrected chi connectivity index (χ1v) is 6.85. The number of ether oxygens (including phenoxy) is 1. The summed E-state index contributed by atoms with van der Waals surface area (Å²) in [5.74, 6) is 0.594. The van der Waals surface area contributed by atoms with Gasteiger partial charge in [-0.25, -0.2) is 4.98 Å². The van der Waals surface area contributed by atoms with Crippen molar-refractivity contribution in [1.29, 1.82) is 0 Å². The Morgan fingerprint density at radius 2 is 2.09 bits per heavy atom. The summed E-state index contributed by atoms with van der Waals surface area (Å²) < 4.78 is 7.63. The average molecular weight is 297 g/mol. The lowest BCUT2D eigenvalue weighted by atomic mass is 10.2. The quantitative estimate of drug-likeness (QED) is 0.546. The lowest BCUT2D eigenvalue weighted by Gasteiger charge is -2.05. The van der Waals surface area contributed by atoms with Crippen LogP contribution in [0.25, 0.3) is 5.65 Å². The van der Waals surface area contributed by atoms with Crippen LogP contribution in [-0.4, -0.2) is 14.3 Å². The van der Waals surface area contributed by atoms with Gasteiger partial charge in [-0.05, 0) is 37.6 Å². The highest BCUT2D eigenvalue weighted by molar-refractivity contribution is 5.48. The number of nitro benzene ring substituents is 1. The van der Waals surface area contributed by atoms with E-state index in [4.69, 9.17) is 4.74 Å². The number of aromatic nitrogens is 2. The van der Waals surface area contributed by atoms with Crippen LogP contribution < -0.4 is 4.74 Å². The second kappa shape index (κ2) is 5.48. The fourth-order valence-corrected chi connectivity index (χ4v) is 2.35. The fraction of sp³-hybridized carbons (Fsp3) is 0.188. The minimum atomic E-state index is -0.399. The predicted octanol–water partition coefficient (Wildman–Crippen LogP) is 3.44. The van der Waals surface area contributed by atoms with Gasteiger partial charge in [0.15, 0.2) is 0 Å². The van der Waals surface area contributed by atoms with Crippen molar-refractivity contribution in [2.45, 2.75) is 20.5 Å². The van der Waals surface area contributed by atoms with Crippen LogP contribution >= 0.6 is 0 Å². The molecule has 3 aromatic rings. The number of hydrogen-bond donors (Lipinski definition) is 0. The molecule has 0 atom stereocenters. The molecular weight excluding hydrogens is 282 g/mol. The molecular formula is C16H15N3O3. The average Bonchev–Trinajstić information content (AvgIpc) is 2.89. The molecule has 0 fully saturated rings. The minimum Gasteiger partial charge on any atom is -0.487 e. The maximum atomic E-state index is 10.8. The largest absolute Gasteiger partial charge is 0.487 e. The van der Waals surface area contributed by atoms with Gasteiger partial charge in [0, 0.05) is 24.0 Å². The van der Waals surface area contributed by atoms with E-state index < -0.39 is 4.92 Å². The molecule has 0 unspecified atom stereocenters. The molecule has 0 spiro atoms. The van der Waals surface area contributed by atoms with Crippen molar-refractivity contribution in [2.24, 2.45) is 0 Å². The van der Waals surface area contributed by atoms with Crippen molar-refractivity contribution in [3.05, 3.63) is 69.7 Å². The summed E-state index contributed by atoms with van der Waals surface area (Å²) in [5.41, 5.74) is 3.48. The summed E-state index contributed by atoms with van der Waals surface area (Å²) in [4.78, 5) is 14.9. The molecule has 0 N–H and O–H groups in total. The smallest absolute Gasteiger partial charge is 0.272 e. The third kappa shape index (κ3) is 2.63. The van der Waals surface area contributed by atoms with E-state index in [2.05, 4.69) is 4.98 Å². The summed E-state index contributed by atoms with van der Waals surface area (Å²) in [5, 5.41) is 10.8.